The first-order valence-corrected chi connectivity index (χ1v) is 10.5. The summed E-state index contributed by atoms with van der Waals surface area (Å²) in [6.45, 7) is 4.46. The smallest absolute Gasteiger partial charge is 0.0390 e. The summed E-state index contributed by atoms with van der Waals surface area (Å²) in [6, 6.07) is 30.1. The van der Waals surface area contributed by atoms with Crippen LogP contribution in [-0.2, 0) is 12.8 Å². The van der Waals surface area contributed by atoms with Gasteiger partial charge in [-0.25, -0.2) is 0 Å². The molecular formula is C27H28N2. The van der Waals surface area contributed by atoms with Crippen molar-refractivity contribution in [3.63, 3.8) is 0 Å². The zero-order chi connectivity index (χ0) is 20.1. The zero-order valence-electron chi connectivity index (χ0n) is 17.2. The van der Waals surface area contributed by atoms with Gasteiger partial charge < -0.3 is 10.6 Å². The molecule has 0 aliphatic heterocycles. The molecule has 0 atom stereocenters. The summed E-state index contributed by atoms with van der Waals surface area (Å²) in [5.74, 6) is 0. The molecule has 0 saturated carbocycles. The Balaban J connectivity index is 1.46. The van der Waals surface area contributed by atoms with E-state index < -0.39 is 0 Å². The Morgan fingerprint density at radius 2 is 1.14 bits per heavy atom. The van der Waals surface area contributed by atoms with Gasteiger partial charge in [0.1, 0.15) is 0 Å². The number of hydrogen-bond donors (Lipinski definition) is 2. The van der Waals surface area contributed by atoms with Crippen LogP contribution in [0.1, 0.15) is 31.4 Å². The number of rotatable bonds is 7. The molecule has 2 heteroatoms. The van der Waals surface area contributed by atoms with Crippen molar-refractivity contribution in [3.8, 4) is 0 Å². The summed E-state index contributed by atoms with van der Waals surface area (Å²) in [5, 5.41) is 9.54. The van der Waals surface area contributed by atoms with E-state index in [1.165, 1.54) is 28.3 Å². The van der Waals surface area contributed by atoms with E-state index in [-0.39, 0.29) is 0 Å². The highest BCUT2D eigenvalue weighted by atomic mass is 14.9. The highest BCUT2D eigenvalue weighted by Gasteiger charge is 2.03. The summed E-state index contributed by atoms with van der Waals surface area (Å²) in [5.41, 5.74) is 7.33. The topological polar surface area (TPSA) is 24.1 Å². The molecule has 0 aromatic heterocycles. The molecule has 2 nitrogen and oxygen atoms in total. The van der Waals surface area contributed by atoms with Gasteiger partial charge in [-0.05, 0) is 83.3 Å². The Morgan fingerprint density at radius 1 is 0.552 bits per heavy atom. The van der Waals surface area contributed by atoms with Gasteiger partial charge in [0, 0.05) is 22.7 Å². The number of anilines is 4. The Kier molecular flexibility index (Phi) is 5.81. The van der Waals surface area contributed by atoms with Crippen molar-refractivity contribution < 1.29 is 0 Å². The SMILES string of the molecule is CCCc1ccc(Nc2ccc(Nc3ccc4ccccc4c3)cc2)cc1CC. The van der Waals surface area contributed by atoms with Crippen molar-refractivity contribution in [2.24, 2.45) is 0 Å². The Bertz CT molecular complexity index is 1100. The molecule has 0 heterocycles. The molecule has 0 unspecified atom stereocenters. The van der Waals surface area contributed by atoms with Gasteiger partial charge in [0.05, 0.1) is 0 Å². The third-order valence-electron chi connectivity index (χ3n) is 5.32. The maximum absolute atomic E-state index is 3.54. The van der Waals surface area contributed by atoms with Crippen molar-refractivity contribution in [2.75, 3.05) is 10.6 Å². The number of benzene rings is 4. The van der Waals surface area contributed by atoms with E-state index in [1.807, 2.05) is 0 Å². The van der Waals surface area contributed by atoms with E-state index >= 15 is 0 Å². The lowest BCUT2D eigenvalue weighted by Gasteiger charge is -2.13. The molecule has 0 fully saturated rings. The fourth-order valence-corrected chi connectivity index (χ4v) is 3.78. The molecule has 0 spiro atoms. The van der Waals surface area contributed by atoms with Crippen LogP contribution < -0.4 is 10.6 Å². The van der Waals surface area contributed by atoms with Crippen LogP contribution >= 0.6 is 0 Å². The maximum atomic E-state index is 3.54. The Hall–Kier alpha value is -3.26. The van der Waals surface area contributed by atoms with E-state index in [9.17, 15) is 0 Å². The van der Waals surface area contributed by atoms with Crippen LogP contribution in [0.4, 0.5) is 22.7 Å². The van der Waals surface area contributed by atoms with Crippen molar-refractivity contribution in [2.45, 2.75) is 33.1 Å². The van der Waals surface area contributed by atoms with Gasteiger partial charge >= 0.3 is 0 Å². The fourth-order valence-electron chi connectivity index (χ4n) is 3.78. The molecule has 4 aromatic rings. The van der Waals surface area contributed by atoms with Crippen molar-refractivity contribution >= 4 is 33.5 Å². The summed E-state index contributed by atoms with van der Waals surface area (Å²) in [6.07, 6.45) is 3.41. The molecule has 0 radical (unpaired) electrons. The van der Waals surface area contributed by atoms with Crippen LogP contribution in [0.25, 0.3) is 10.8 Å². The van der Waals surface area contributed by atoms with Crippen molar-refractivity contribution in [1.29, 1.82) is 0 Å². The quantitative estimate of drug-likeness (QED) is 0.341. The summed E-state index contributed by atoms with van der Waals surface area (Å²) in [7, 11) is 0. The fraction of sp³-hybridized carbons (Fsp3) is 0.185. The van der Waals surface area contributed by atoms with Gasteiger partial charge in [-0.15, -0.1) is 0 Å². The first-order chi connectivity index (χ1) is 14.2. The highest BCUT2D eigenvalue weighted by Crippen LogP contribution is 2.25. The number of aryl methyl sites for hydroxylation is 2. The Morgan fingerprint density at radius 3 is 1.79 bits per heavy atom. The number of hydrogen-bond acceptors (Lipinski definition) is 2. The van der Waals surface area contributed by atoms with Gasteiger partial charge in [0.25, 0.3) is 0 Å². The number of nitrogens with one attached hydrogen (secondary N) is 2. The van der Waals surface area contributed by atoms with E-state index in [2.05, 4.69) is 109 Å². The lowest BCUT2D eigenvalue weighted by atomic mass is 10.0. The van der Waals surface area contributed by atoms with Gasteiger partial charge in [0.15, 0.2) is 0 Å². The van der Waals surface area contributed by atoms with E-state index in [1.54, 1.807) is 0 Å². The molecule has 29 heavy (non-hydrogen) atoms. The molecule has 4 rings (SSSR count). The van der Waals surface area contributed by atoms with Crippen LogP contribution in [0.3, 0.4) is 0 Å². The lowest BCUT2D eigenvalue weighted by Crippen LogP contribution is -1.97. The van der Waals surface area contributed by atoms with Crippen LogP contribution in [0.2, 0.25) is 0 Å². The molecule has 0 bridgehead atoms. The standard InChI is InChI=1S/C27H28N2/c1-3-7-21-10-12-26(18-20(21)4-2)28-24-14-16-25(17-15-24)29-27-13-11-22-8-5-6-9-23(22)19-27/h5-6,8-19,28-29H,3-4,7H2,1-2H3. The minimum absolute atomic E-state index is 1.07. The molecule has 0 saturated heterocycles. The molecule has 0 amide bonds. The molecule has 0 aliphatic rings. The van der Waals surface area contributed by atoms with Gasteiger partial charge in [0.2, 0.25) is 0 Å². The second-order valence-electron chi connectivity index (χ2n) is 7.48. The monoisotopic (exact) mass is 380 g/mol. The Labute approximate surface area is 173 Å². The second kappa shape index (κ2) is 8.83. The molecule has 2 N–H and O–H groups in total. The normalized spacial score (nSPS) is 10.8. The van der Waals surface area contributed by atoms with Crippen LogP contribution in [-0.4, -0.2) is 0 Å². The van der Waals surface area contributed by atoms with Gasteiger partial charge in [-0.1, -0.05) is 56.7 Å². The van der Waals surface area contributed by atoms with Crippen molar-refractivity contribution in [1.82, 2.24) is 0 Å². The number of fused-ring (bicyclic) bond motifs is 1. The van der Waals surface area contributed by atoms with Crippen LogP contribution in [0, 0.1) is 0 Å². The highest BCUT2D eigenvalue weighted by molar-refractivity contribution is 5.86. The van der Waals surface area contributed by atoms with Crippen molar-refractivity contribution in [3.05, 3.63) is 96.1 Å². The summed E-state index contributed by atoms with van der Waals surface area (Å²) >= 11 is 0. The van der Waals surface area contributed by atoms with Gasteiger partial charge in [-0.3, -0.25) is 0 Å². The molecular weight excluding hydrogens is 352 g/mol. The summed E-state index contributed by atoms with van der Waals surface area (Å²) in [4.78, 5) is 0. The average molecular weight is 381 g/mol. The maximum Gasteiger partial charge on any atom is 0.0390 e. The van der Waals surface area contributed by atoms with Gasteiger partial charge in [-0.2, -0.15) is 0 Å². The van der Waals surface area contributed by atoms with Crippen LogP contribution in [0.5, 0.6) is 0 Å². The van der Waals surface area contributed by atoms with E-state index in [0.717, 1.165) is 35.6 Å². The average Bonchev–Trinajstić information content (AvgIpc) is 2.76. The lowest BCUT2D eigenvalue weighted by molar-refractivity contribution is 0.900. The largest absolute Gasteiger partial charge is 0.356 e. The first kappa shape index (κ1) is 19.1. The molecule has 0 aliphatic carbocycles. The minimum atomic E-state index is 1.07. The minimum Gasteiger partial charge on any atom is -0.356 e. The third-order valence-corrected chi connectivity index (χ3v) is 5.32. The zero-order valence-corrected chi connectivity index (χ0v) is 17.2. The molecule has 4 aromatic carbocycles. The second-order valence-corrected chi connectivity index (χ2v) is 7.48. The first-order valence-electron chi connectivity index (χ1n) is 10.5. The summed E-state index contributed by atoms with van der Waals surface area (Å²) < 4.78 is 0. The molecule has 146 valence electrons. The predicted molar refractivity (Wildman–Crippen MR) is 127 cm³/mol. The van der Waals surface area contributed by atoms with E-state index in [0.29, 0.717) is 0 Å². The third kappa shape index (κ3) is 4.60. The van der Waals surface area contributed by atoms with Crippen LogP contribution in [0.15, 0.2) is 84.9 Å². The predicted octanol–water partition coefficient (Wildman–Crippen LogP) is 7.84. The van der Waals surface area contributed by atoms with E-state index in [4.69, 9.17) is 0 Å².